The van der Waals surface area contributed by atoms with Gasteiger partial charge in [-0.15, -0.1) is 0 Å². The summed E-state index contributed by atoms with van der Waals surface area (Å²) >= 11 is 5.86. The van der Waals surface area contributed by atoms with Crippen LogP contribution < -0.4 is 20.3 Å². The quantitative estimate of drug-likeness (QED) is 0.226. The van der Waals surface area contributed by atoms with Crippen LogP contribution in [0.2, 0.25) is 5.02 Å². The molecule has 4 aromatic rings. The van der Waals surface area contributed by atoms with E-state index in [1.54, 1.807) is 24.5 Å². The van der Waals surface area contributed by atoms with Gasteiger partial charge in [0.15, 0.2) is 0 Å². The second-order valence-electron chi connectivity index (χ2n) is 11.6. The van der Waals surface area contributed by atoms with Gasteiger partial charge in [-0.2, -0.15) is 0 Å². The summed E-state index contributed by atoms with van der Waals surface area (Å²) in [6.07, 6.45) is 5.54. The van der Waals surface area contributed by atoms with Gasteiger partial charge < -0.3 is 20.3 Å². The molecule has 10 heteroatoms. The maximum absolute atomic E-state index is 14.1. The number of pyridine rings is 2. The van der Waals surface area contributed by atoms with Crippen LogP contribution in [0.25, 0.3) is 0 Å². The van der Waals surface area contributed by atoms with E-state index < -0.39 is 0 Å². The van der Waals surface area contributed by atoms with Gasteiger partial charge in [-0.3, -0.25) is 14.7 Å². The summed E-state index contributed by atoms with van der Waals surface area (Å²) in [5.74, 6) is 0.322. The standard InChI is InChI=1S/C34H36ClFN6O2/c1-21-17-37-18-22(2)33(21)34(43)38-26-9-10-30-29(16-26)39-31(41(30)3)19-42-13-11-23(12-14-42)28-5-4-6-32(40-28)44-20-24-7-8-25(35)15-27(24)36/h4-10,15-18,23,31,39H,11-14,19-20H2,1-3H3,(H,38,43). The van der Waals surface area contributed by atoms with Crippen LogP contribution in [0.1, 0.15) is 51.5 Å². The number of anilines is 3. The monoisotopic (exact) mass is 614 g/mol. The third kappa shape index (κ3) is 6.49. The van der Waals surface area contributed by atoms with Crippen molar-refractivity contribution in [1.82, 2.24) is 14.9 Å². The number of carbonyl (C=O) groups is 1. The molecule has 44 heavy (non-hydrogen) atoms. The predicted octanol–water partition coefficient (Wildman–Crippen LogP) is 6.78. The summed E-state index contributed by atoms with van der Waals surface area (Å²) in [7, 11) is 2.10. The fourth-order valence-corrected chi connectivity index (χ4v) is 6.25. The van der Waals surface area contributed by atoms with Crippen LogP contribution in [0, 0.1) is 19.7 Å². The third-order valence-corrected chi connectivity index (χ3v) is 8.78. The molecule has 2 aromatic carbocycles. The first kappa shape index (κ1) is 29.8. The lowest BCUT2D eigenvalue weighted by atomic mass is 9.93. The normalized spacial score (nSPS) is 16.8. The Morgan fingerprint density at radius 2 is 1.86 bits per heavy atom. The number of halogens is 2. The number of ether oxygens (including phenoxy) is 1. The summed E-state index contributed by atoms with van der Waals surface area (Å²) in [6, 6.07) is 16.4. The average Bonchev–Trinajstić information content (AvgIpc) is 3.31. The van der Waals surface area contributed by atoms with Gasteiger partial charge in [-0.25, -0.2) is 9.37 Å². The summed E-state index contributed by atoms with van der Waals surface area (Å²) in [4.78, 5) is 26.7. The van der Waals surface area contributed by atoms with E-state index in [9.17, 15) is 9.18 Å². The van der Waals surface area contributed by atoms with Crippen molar-refractivity contribution in [3.05, 3.63) is 106 Å². The van der Waals surface area contributed by atoms with E-state index in [1.165, 1.54) is 6.07 Å². The molecule has 2 aromatic heterocycles. The summed E-state index contributed by atoms with van der Waals surface area (Å²) in [6.45, 7) is 6.69. The van der Waals surface area contributed by atoms with Crippen molar-refractivity contribution in [2.24, 2.45) is 0 Å². The van der Waals surface area contributed by atoms with Crippen molar-refractivity contribution in [2.75, 3.05) is 42.2 Å². The smallest absolute Gasteiger partial charge is 0.256 e. The van der Waals surface area contributed by atoms with E-state index in [2.05, 4.69) is 38.5 Å². The summed E-state index contributed by atoms with van der Waals surface area (Å²) in [5, 5.41) is 7.07. The van der Waals surface area contributed by atoms with Gasteiger partial charge in [-0.1, -0.05) is 23.7 Å². The lowest BCUT2D eigenvalue weighted by Crippen LogP contribution is -2.46. The van der Waals surface area contributed by atoms with Gasteiger partial charge in [0.05, 0.1) is 11.4 Å². The van der Waals surface area contributed by atoms with Crippen LogP contribution >= 0.6 is 11.6 Å². The first-order valence-corrected chi connectivity index (χ1v) is 15.2. The molecule has 2 aliphatic heterocycles. The van der Waals surface area contributed by atoms with Crippen LogP contribution in [0.5, 0.6) is 5.88 Å². The molecule has 0 saturated carbocycles. The van der Waals surface area contributed by atoms with Crippen molar-refractivity contribution in [3.8, 4) is 5.88 Å². The van der Waals surface area contributed by atoms with Crippen molar-refractivity contribution in [1.29, 1.82) is 0 Å². The predicted molar refractivity (Wildman–Crippen MR) is 172 cm³/mol. The molecule has 228 valence electrons. The number of hydrogen-bond acceptors (Lipinski definition) is 7. The maximum Gasteiger partial charge on any atom is 0.256 e. The third-order valence-electron chi connectivity index (χ3n) is 8.55. The number of fused-ring (bicyclic) bond motifs is 1. The van der Waals surface area contributed by atoms with Crippen LogP contribution in [0.4, 0.5) is 21.5 Å². The Kier molecular flexibility index (Phi) is 8.68. The highest BCUT2D eigenvalue weighted by Gasteiger charge is 2.30. The number of nitrogens with one attached hydrogen (secondary N) is 2. The number of aromatic nitrogens is 2. The minimum atomic E-state index is -0.384. The number of amides is 1. The largest absolute Gasteiger partial charge is 0.473 e. The van der Waals surface area contributed by atoms with E-state index >= 15 is 0 Å². The van der Waals surface area contributed by atoms with Crippen molar-refractivity contribution in [2.45, 2.75) is 45.4 Å². The molecule has 8 nitrogen and oxygen atoms in total. The summed E-state index contributed by atoms with van der Waals surface area (Å²) < 4.78 is 20.0. The molecule has 1 atom stereocenters. The van der Waals surface area contributed by atoms with Crippen LogP contribution in [0.15, 0.2) is 67.0 Å². The zero-order chi connectivity index (χ0) is 30.8. The van der Waals surface area contributed by atoms with Crippen molar-refractivity contribution < 1.29 is 13.9 Å². The molecule has 2 N–H and O–H groups in total. The Balaban J connectivity index is 1.02. The second-order valence-corrected chi connectivity index (χ2v) is 12.0. The topological polar surface area (TPSA) is 82.6 Å². The minimum absolute atomic E-state index is 0.0974. The molecular weight excluding hydrogens is 579 g/mol. The van der Waals surface area contributed by atoms with Gasteiger partial charge in [-0.05, 0) is 87.3 Å². The zero-order valence-electron chi connectivity index (χ0n) is 25.1. The van der Waals surface area contributed by atoms with Gasteiger partial charge >= 0.3 is 0 Å². The number of rotatable bonds is 8. The second kappa shape index (κ2) is 12.8. The van der Waals surface area contributed by atoms with Gasteiger partial charge in [0.2, 0.25) is 5.88 Å². The van der Waals surface area contributed by atoms with E-state index in [-0.39, 0.29) is 24.5 Å². The van der Waals surface area contributed by atoms with Crippen LogP contribution in [-0.2, 0) is 6.61 Å². The molecule has 0 aliphatic carbocycles. The van der Waals surface area contributed by atoms with Crippen LogP contribution in [-0.4, -0.2) is 53.6 Å². The highest BCUT2D eigenvalue weighted by atomic mass is 35.5. The minimum Gasteiger partial charge on any atom is -0.473 e. The van der Waals surface area contributed by atoms with Crippen LogP contribution in [0.3, 0.4) is 0 Å². The zero-order valence-corrected chi connectivity index (χ0v) is 25.9. The highest BCUT2D eigenvalue weighted by molar-refractivity contribution is 6.30. The maximum atomic E-state index is 14.1. The molecule has 1 amide bonds. The highest BCUT2D eigenvalue weighted by Crippen LogP contribution is 2.37. The first-order valence-electron chi connectivity index (χ1n) is 14.9. The lowest BCUT2D eigenvalue weighted by molar-refractivity contribution is 0.102. The molecule has 1 unspecified atom stereocenters. The fourth-order valence-electron chi connectivity index (χ4n) is 6.09. The first-order chi connectivity index (χ1) is 21.2. The number of piperidine rings is 1. The average molecular weight is 615 g/mol. The number of hydrogen-bond donors (Lipinski definition) is 2. The number of benzene rings is 2. The Morgan fingerprint density at radius 1 is 1.09 bits per heavy atom. The summed E-state index contributed by atoms with van der Waals surface area (Å²) in [5.41, 5.74) is 6.69. The number of carbonyl (C=O) groups excluding carboxylic acids is 1. The SMILES string of the molecule is Cc1cncc(C)c1C(=O)Nc1ccc2c(c1)NC(CN1CCC(c3cccc(OCc4ccc(Cl)cc4F)n3)CC1)N2C. The van der Waals surface area contributed by atoms with Crippen molar-refractivity contribution in [3.63, 3.8) is 0 Å². The molecular formula is C34H36ClFN6O2. The number of nitrogens with zero attached hydrogens (tertiary/aromatic N) is 4. The molecule has 1 saturated heterocycles. The molecule has 4 heterocycles. The van der Waals surface area contributed by atoms with E-state index in [0.29, 0.717) is 27.9 Å². The van der Waals surface area contributed by atoms with Gasteiger partial charge in [0.25, 0.3) is 5.91 Å². The van der Waals surface area contributed by atoms with E-state index in [4.69, 9.17) is 21.3 Å². The molecule has 0 spiro atoms. The van der Waals surface area contributed by atoms with Gasteiger partial charge in [0.1, 0.15) is 18.6 Å². The Labute approximate surface area is 262 Å². The number of aryl methyl sites for hydroxylation is 2. The molecule has 1 fully saturated rings. The lowest BCUT2D eigenvalue weighted by Gasteiger charge is -2.35. The molecule has 6 rings (SSSR count). The van der Waals surface area contributed by atoms with E-state index in [1.807, 2.05) is 44.2 Å². The fraction of sp³-hybridized carbons (Fsp3) is 0.324. The molecule has 0 bridgehead atoms. The Hall–Kier alpha value is -4.21. The number of likely N-dealkylation sites (N-methyl/N-ethyl adjacent to an activating group) is 1. The Bertz CT molecular complexity index is 1660. The molecule has 0 radical (unpaired) electrons. The number of likely N-dealkylation sites (tertiary alicyclic amines) is 1. The van der Waals surface area contributed by atoms with Crippen molar-refractivity contribution >= 4 is 34.6 Å². The Morgan fingerprint density at radius 3 is 2.61 bits per heavy atom. The van der Waals surface area contributed by atoms with Gasteiger partial charge in [0, 0.05) is 65.5 Å². The van der Waals surface area contributed by atoms with E-state index in [0.717, 1.165) is 66.4 Å². The molecule has 2 aliphatic rings.